The maximum atomic E-state index is 12.6. The molecule has 0 saturated carbocycles. The van der Waals surface area contributed by atoms with E-state index in [9.17, 15) is 18.0 Å². The first-order valence-corrected chi connectivity index (χ1v) is 8.00. The lowest BCUT2D eigenvalue weighted by Gasteiger charge is -2.10. The maximum Gasteiger partial charge on any atom is 0.416 e. The van der Waals surface area contributed by atoms with Gasteiger partial charge in [-0.05, 0) is 42.8 Å². The van der Waals surface area contributed by atoms with E-state index in [-0.39, 0.29) is 18.7 Å². The molecule has 0 atom stereocenters. The monoisotopic (exact) mass is 377 g/mol. The second-order valence-corrected chi connectivity index (χ2v) is 5.60. The van der Waals surface area contributed by atoms with Gasteiger partial charge in [-0.1, -0.05) is 24.0 Å². The average molecular weight is 377 g/mol. The summed E-state index contributed by atoms with van der Waals surface area (Å²) in [6, 6.07) is 10.0. The van der Waals surface area contributed by atoms with Crippen LogP contribution in [0.15, 0.2) is 42.5 Å². The fraction of sp³-hybridized carbons (Fsp3) is 0.250. The second-order valence-electron chi connectivity index (χ2n) is 5.60. The van der Waals surface area contributed by atoms with Crippen LogP contribution in [-0.2, 0) is 11.0 Å². The van der Waals surface area contributed by atoms with E-state index < -0.39 is 17.6 Å². The summed E-state index contributed by atoms with van der Waals surface area (Å²) in [5, 5.41) is 2.52. The van der Waals surface area contributed by atoms with Crippen molar-refractivity contribution in [3.63, 3.8) is 0 Å². The fourth-order valence-corrected chi connectivity index (χ4v) is 2.15. The Labute approximate surface area is 155 Å². The molecule has 0 spiro atoms. The summed E-state index contributed by atoms with van der Waals surface area (Å²) < 4.78 is 48.5. The molecule has 0 fully saturated rings. The molecule has 2 aromatic rings. The lowest BCUT2D eigenvalue weighted by molar-refractivity contribution is -0.137. The first-order valence-electron chi connectivity index (χ1n) is 8.00. The highest BCUT2D eigenvalue weighted by atomic mass is 19.4. The number of rotatable bonds is 5. The van der Waals surface area contributed by atoms with Crippen LogP contribution < -0.4 is 14.8 Å². The van der Waals surface area contributed by atoms with Crippen molar-refractivity contribution in [1.29, 1.82) is 0 Å². The van der Waals surface area contributed by atoms with Crippen molar-refractivity contribution < 1.29 is 27.4 Å². The van der Waals surface area contributed by atoms with Gasteiger partial charge in [0, 0.05) is 5.56 Å². The van der Waals surface area contributed by atoms with E-state index in [0.717, 1.165) is 17.7 Å². The van der Waals surface area contributed by atoms with Gasteiger partial charge >= 0.3 is 6.18 Å². The minimum absolute atomic E-state index is 0.0104. The van der Waals surface area contributed by atoms with Crippen LogP contribution in [0.1, 0.15) is 16.7 Å². The summed E-state index contributed by atoms with van der Waals surface area (Å²) >= 11 is 0. The van der Waals surface area contributed by atoms with Crippen LogP contribution in [0.5, 0.6) is 11.5 Å². The number of carbonyl (C=O) groups is 1. The van der Waals surface area contributed by atoms with Crippen molar-refractivity contribution in [2.75, 3.05) is 20.3 Å². The molecule has 142 valence electrons. The van der Waals surface area contributed by atoms with E-state index in [1.807, 2.05) is 13.0 Å². The van der Waals surface area contributed by atoms with E-state index in [0.29, 0.717) is 11.5 Å². The number of halogens is 3. The van der Waals surface area contributed by atoms with E-state index in [2.05, 4.69) is 17.2 Å². The predicted molar refractivity (Wildman–Crippen MR) is 94.6 cm³/mol. The lowest BCUT2D eigenvalue weighted by atomic mass is 10.1. The van der Waals surface area contributed by atoms with Crippen LogP contribution in [0.25, 0.3) is 0 Å². The Balaban J connectivity index is 1.85. The highest BCUT2D eigenvalue weighted by Gasteiger charge is 2.30. The summed E-state index contributed by atoms with van der Waals surface area (Å²) in [5.41, 5.74) is 0.451. The van der Waals surface area contributed by atoms with E-state index in [4.69, 9.17) is 9.47 Å². The van der Waals surface area contributed by atoms with Gasteiger partial charge in [0.15, 0.2) is 18.1 Å². The standard InChI is InChI=1S/C20H18F3NO3/c1-14-8-9-17(18(11-14)26-2)27-13-19(25)24-10-4-6-15-5-3-7-16(12-15)20(21,22)23/h3,5,7-9,11-12H,10,13H2,1-2H3,(H,24,25). The Morgan fingerprint density at radius 3 is 2.63 bits per heavy atom. The Morgan fingerprint density at radius 2 is 1.93 bits per heavy atom. The summed E-state index contributed by atoms with van der Waals surface area (Å²) in [4.78, 5) is 11.8. The van der Waals surface area contributed by atoms with Crippen molar-refractivity contribution in [2.45, 2.75) is 13.1 Å². The third kappa shape index (κ3) is 6.26. The van der Waals surface area contributed by atoms with Gasteiger partial charge in [0.2, 0.25) is 0 Å². The van der Waals surface area contributed by atoms with Crippen molar-refractivity contribution in [3.05, 3.63) is 59.2 Å². The molecule has 2 aromatic carbocycles. The molecule has 0 bridgehead atoms. The van der Waals surface area contributed by atoms with Crippen LogP contribution in [0, 0.1) is 18.8 Å². The predicted octanol–water partition coefficient (Wildman–Crippen LogP) is 3.57. The molecule has 0 aliphatic rings. The number of carbonyl (C=O) groups excluding carboxylic acids is 1. The van der Waals surface area contributed by atoms with Gasteiger partial charge in [0.25, 0.3) is 5.91 Å². The SMILES string of the molecule is COc1cc(C)ccc1OCC(=O)NCC#Cc1cccc(C(F)(F)F)c1. The van der Waals surface area contributed by atoms with Gasteiger partial charge < -0.3 is 14.8 Å². The number of ether oxygens (including phenoxy) is 2. The van der Waals surface area contributed by atoms with Gasteiger partial charge in [0.05, 0.1) is 19.2 Å². The first-order chi connectivity index (χ1) is 12.8. The zero-order chi connectivity index (χ0) is 19.9. The number of nitrogens with one attached hydrogen (secondary N) is 1. The zero-order valence-electron chi connectivity index (χ0n) is 14.8. The Hall–Kier alpha value is -3.14. The van der Waals surface area contributed by atoms with Gasteiger partial charge in [-0.15, -0.1) is 0 Å². The minimum Gasteiger partial charge on any atom is -0.493 e. The number of methoxy groups -OCH3 is 1. The van der Waals surface area contributed by atoms with Crippen molar-refractivity contribution in [1.82, 2.24) is 5.32 Å². The third-order valence-electron chi connectivity index (χ3n) is 3.47. The largest absolute Gasteiger partial charge is 0.493 e. The molecule has 0 unspecified atom stereocenters. The number of hydrogen-bond donors (Lipinski definition) is 1. The fourth-order valence-electron chi connectivity index (χ4n) is 2.15. The van der Waals surface area contributed by atoms with Gasteiger partial charge in [-0.25, -0.2) is 0 Å². The summed E-state index contributed by atoms with van der Waals surface area (Å²) in [6.07, 6.45) is -4.42. The van der Waals surface area contributed by atoms with Gasteiger partial charge in [-0.3, -0.25) is 4.79 Å². The van der Waals surface area contributed by atoms with Crippen molar-refractivity contribution in [3.8, 4) is 23.3 Å². The molecule has 2 rings (SSSR count). The molecule has 1 N–H and O–H groups in total. The molecule has 0 aliphatic carbocycles. The number of aryl methyl sites for hydroxylation is 1. The first kappa shape index (κ1) is 20.2. The molecule has 0 saturated heterocycles. The lowest BCUT2D eigenvalue weighted by Crippen LogP contribution is -2.29. The molecule has 7 heteroatoms. The Bertz CT molecular complexity index is 867. The van der Waals surface area contributed by atoms with Crippen LogP contribution in [0.3, 0.4) is 0 Å². The summed E-state index contributed by atoms with van der Waals surface area (Å²) in [6.45, 7) is 1.66. The number of amides is 1. The number of alkyl halides is 3. The molecule has 0 heterocycles. The summed E-state index contributed by atoms with van der Waals surface area (Å²) in [5.74, 6) is 5.75. The molecule has 0 aliphatic heterocycles. The van der Waals surface area contributed by atoms with Crippen LogP contribution in [-0.4, -0.2) is 26.2 Å². The van der Waals surface area contributed by atoms with Crippen LogP contribution in [0.2, 0.25) is 0 Å². The second kappa shape index (κ2) is 8.99. The molecule has 0 aromatic heterocycles. The Morgan fingerprint density at radius 1 is 1.15 bits per heavy atom. The third-order valence-corrected chi connectivity index (χ3v) is 3.47. The zero-order valence-corrected chi connectivity index (χ0v) is 14.8. The molecular weight excluding hydrogens is 359 g/mol. The smallest absolute Gasteiger partial charge is 0.416 e. The maximum absolute atomic E-state index is 12.6. The number of benzene rings is 2. The average Bonchev–Trinajstić information content (AvgIpc) is 2.63. The molecule has 4 nitrogen and oxygen atoms in total. The molecular formula is C20H18F3NO3. The molecule has 0 radical (unpaired) electrons. The molecule has 1 amide bonds. The minimum atomic E-state index is -4.42. The van der Waals surface area contributed by atoms with Gasteiger partial charge in [-0.2, -0.15) is 13.2 Å². The quantitative estimate of drug-likeness (QED) is 0.811. The Kier molecular flexibility index (Phi) is 6.72. The van der Waals surface area contributed by atoms with E-state index in [1.54, 1.807) is 12.1 Å². The summed E-state index contributed by atoms with van der Waals surface area (Å²) in [7, 11) is 1.51. The van der Waals surface area contributed by atoms with Crippen LogP contribution in [0.4, 0.5) is 13.2 Å². The van der Waals surface area contributed by atoms with Crippen molar-refractivity contribution in [2.24, 2.45) is 0 Å². The highest BCUT2D eigenvalue weighted by molar-refractivity contribution is 5.77. The van der Waals surface area contributed by atoms with E-state index in [1.165, 1.54) is 19.2 Å². The van der Waals surface area contributed by atoms with Gasteiger partial charge in [0.1, 0.15) is 0 Å². The van der Waals surface area contributed by atoms with Crippen molar-refractivity contribution >= 4 is 5.91 Å². The highest BCUT2D eigenvalue weighted by Crippen LogP contribution is 2.29. The number of hydrogen-bond acceptors (Lipinski definition) is 3. The van der Waals surface area contributed by atoms with Crippen LogP contribution >= 0.6 is 0 Å². The molecule has 27 heavy (non-hydrogen) atoms. The van der Waals surface area contributed by atoms with E-state index >= 15 is 0 Å². The normalized spacial score (nSPS) is 10.6. The topological polar surface area (TPSA) is 47.6 Å².